The van der Waals surface area contributed by atoms with Gasteiger partial charge in [-0.2, -0.15) is 4.31 Å². The average molecular weight is 348 g/mol. The van der Waals surface area contributed by atoms with Crippen LogP contribution in [-0.2, 0) is 14.8 Å². The molecule has 1 fully saturated rings. The second-order valence-corrected chi connectivity index (χ2v) is 6.99. The van der Waals surface area contributed by atoms with Crippen LogP contribution >= 0.6 is 11.6 Å². The SMILES string of the molecule is CCNC(=O)Nc1cc(S(=O)(=O)N2CCOCC2)ccc1Cl. The van der Waals surface area contributed by atoms with Crippen LogP contribution in [0.5, 0.6) is 0 Å². The van der Waals surface area contributed by atoms with Gasteiger partial charge in [0, 0.05) is 19.6 Å². The Bertz CT molecular complexity index is 645. The first-order chi connectivity index (χ1) is 10.4. The number of morpholine rings is 1. The molecule has 0 unspecified atom stereocenters. The fraction of sp³-hybridized carbons (Fsp3) is 0.462. The summed E-state index contributed by atoms with van der Waals surface area (Å²) in [5, 5.41) is 5.37. The van der Waals surface area contributed by atoms with Gasteiger partial charge in [-0.25, -0.2) is 13.2 Å². The topological polar surface area (TPSA) is 87.7 Å². The zero-order chi connectivity index (χ0) is 16.2. The molecule has 0 atom stereocenters. The first-order valence-corrected chi connectivity index (χ1v) is 8.69. The van der Waals surface area contributed by atoms with Crippen LogP contribution in [0.3, 0.4) is 0 Å². The van der Waals surface area contributed by atoms with Gasteiger partial charge in [0.1, 0.15) is 0 Å². The van der Waals surface area contributed by atoms with Gasteiger partial charge in [-0.15, -0.1) is 0 Å². The predicted molar refractivity (Wildman–Crippen MR) is 83.7 cm³/mol. The van der Waals surface area contributed by atoms with Crippen molar-refractivity contribution < 1.29 is 17.9 Å². The van der Waals surface area contributed by atoms with Crippen molar-refractivity contribution in [2.24, 2.45) is 0 Å². The van der Waals surface area contributed by atoms with Gasteiger partial charge in [-0.05, 0) is 25.1 Å². The summed E-state index contributed by atoms with van der Waals surface area (Å²) >= 11 is 6.01. The first kappa shape index (κ1) is 17.0. The molecule has 0 radical (unpaired) electrons. The van der Waals surface area contributed by atoms with E-state index in [0.29, 0.717) is 32.8 Å². The Morgan fingerprint density at radius 1 is 1.36 bits per heavy atom. The summed E-state index contributed by atoms with van der Waals surface area (Å²) in [4.78, 5) is 11.7. The summed E-state index contributed by atoms with van der Waals surface area (Å²) in [6, 6.07) is 3.81. The first-order valence-electron chi connectivity index (χ1n) is 6.87. The number of urea groups is 1. The van der Waals surface area contributed by atoms with E-state index < -0.39 is 16.1 Å². The van der Waals surface area contributed by atoms with E-state index in [2.05, 4.69) is 10.6 Å². The molecule has 22 heavy (non-hydrogen) atoms. The normalized spacial score (nSPS) is 16.3. The van der Waals surface area contributed by atoms with E-state index in [9.17, 15) is 13.2 Å². The third kappa shape index (κ3) is 3.89. The maximum Gasteiger partial charge on any atom is 0.319 e. The molecule has 1 aliphatic rings. The van der Waals surface area contributed by atoms with Crippen LogP contribution in [0.25, 0.3) is 0 Å². The molecule has 0 spiro atoms. The van der Waals surface area contributed by atoms with E-state index in [1.165, 1.54) is 22.5 Å². The van der Waals surface area contributed by atoms with Gasteiger partial charge in [0.25, 0.3) is 0 Å². The van der Waals surface area contributed by atoms with Crippen LogP contribution in [0.1, 0.15) is 6.92 Å². The minimum Gasteiger partial charge on any atom is -0.379 e. The number of benzene rings is 1. The number of nitrogens with one attached hydrogen (secondary N) is 2. The van der Waals surface area contributed by atoms with Gasteiger partial charge in [-0.1, -0.05) is 11.6 Å². The number of amides is 2. The largest absolute Gasteiger partial charge is 0.379 e. The van der Waals surface area contributed by atoms with E-state index in [1.54, 1.807) is 6.92 Å². The number of rotatable bonds is 4. The van der Waals surface area contributed by atoms with Crippen molar-refractivity contribution in [2.75, 3.05) is 38.2 Å². The maximum absolute atomic E-state index is 12.6. The Balaban J connectivity index is 2.26. The van der Waals surface area contributed by atoms with E-state index >= 15 is 0 Å². The van der Waals surface area contributed by atoms with Crippen LogP contribution in [-0.4, -0.2) is 51.6 Å². The molecular formula is C13H18ClN3O4S. The molecule has 0 saturated carbocycles. The number of carbonyl (C=O) groups excluding carboxylic acids is 1. The highest BCUT2D eigenvalue weighted by molar-refractivity contribution is 7.89. The van der Waals surface area contributed by atoms with Crippen molar-refractivity contribution in [3.8, 4) is 0 Å². The molecule has 9 heteroatoms. The van der Waals surface area contributed by atoms with Crippen LogP contribution in [0.15, 0.2) is 23.1 Å². The molecule has 1 aliphatic heterocycles. The summed E-state index contributed by atoms with van der Waals surface area (Å²) in [7, 11) is -3.63. The highest BCUT2D eigenvalue weighted by Gasteiger charge is 2.27. The molecule has 1 saturated heterocycles. The van der Waals surface area contributed by atoms with Crippen molar-refractivity contribution in [2.45, 2.75) is 11.8 Å². The summed E-state index contributed by atoms with van der Waals surface area (Å²) < 4.78 is 31.6. The summed E-state index contributed by atoms with van der Waals surface area (Å²) in [6.45, 7) is 3.59. The fourth-order valence-corrected chi connectivity index (χ4v) is 3.62. The molecule has 2 rings (SSSR count). The lowest BCUT2D eigenvalue weighted by atomic mass is 10.3. The number of hydrogen-bond donors (Lipinski definition) is 2. The zero-order valence-corrected chi connectivity index (χ0v) is 13.7. The quantitative estimate of drug-likeness (QED) is 0.864. The standard InChI is InChI=1S/C13H18ClN3O4S/c1-2-15-13(18)16-12-9-10(3-4-11(12)14)22(19,20)17-5-7-21-8-6-17/h3-4,9H,2,5-8H2,1H3,(H2,15,16,18). The Kier molecular flexibility index (Phi) is 5.63. The Morgan fingerprint density at radius 3 is 2.68 bits per heavy atom. The van der Waals surface area contributed by atoms with Crippen LogP contribution in [0.2, 0.25) is 5.02 Å². The number of hydrogen-bond acceptors (Lipinski definition) is 4. The molecule has 2 amide bonds. The molecule has 1 aromatic rings. The van der Waals surface area contributed by atoms with E-state index in [4.69, 9.17) is 16.3 Å². The lowest BCUT2D eigenvalue weighted by Crippen LogP contribution is -2.40. The number of ether oxygens (including phenoxy) is 1. The highest BCUT2D eigenvalue weighted by Crippen LogP contribution is 2.27. The number of nitrogens with zero attached hydrogens (tertiary/aromatic N) is 1. The van der Waals surface area contributed by atoms with Crippen molar-refractivity contribution in [3.63, 3.8) is 0 Å². The molecule has 0 aliphatic carbocycles. The van der Waals surface area contributed by atoms with Crippen molar-refractivity contribution >= 4 is 33.3 Å². The maximum atomic E-state index is 12.6. The Hall–Kier alpha value is -1.35. The molecule has 7 nitrogen and oxygen atoms in total. The molecule has 2 N–H and O–H groups in total. The molecule has 0 aromatic heterocycles. The van der Waals surface area contributed by atoms with Crippen LogP contribution < -0.4 is 10.6 Å². The van der Waals surface area contributed by atoms with Gasteiger partial charge in [0.05, 0.1) is 28.8 Å². The molecule has 1 heterocycles. The molecule has 0 bridgehead atoms. The van der Waals surface area contributed by atoms with E-state index in [0.717, 1.165) is 0 Å². The summed E-state index contributed by atoms with van der Waals surface area (Å²) in [6.07, 6.45) is 0. The minimum absolute atomic E-state index is 0.0885. The lowest BCUT2D eigenvalue weighted by Gasteiger charge is -2.26. The van der Waals surface area contributed by atoms with Gasteiger partial charge < -0.3 is 15.4 Å². The second-order valence-electron chi connectivity index (χ2n) is 4.64. The van der Waals surface area contributed by atoms with Gasteiger partial charge in [0.2, 0.25) is 10.0 Å². The van der Waals surface area contributed by atoms with Crippen molar-refractivity contribution in [1.82, 2.24) is 9.62 Å². The predicted octanol–water partition coefficient (Wildman–Crippen LogP) is 1.50. The van der Waals surface area contributed by atoms with Crippen molar-refractivity contribution in [3.05, 3.63) is 23.2 Å². The number of sulfonamides is 1. The average Bonchev–Trinajstić information content (AvgIpc) is 2.50. The van der Waals surface area contributed by atoms with Crippen LogP contribution in [0.4, 0.5) is 10.5 Å². The van der Waals surface area contributed by atoms with Crippen molar-refractivity contribution in [1.29, 1.82) is 0 Å². The number of carbonyl (C=O) groups is 1. The minimum atomic E-state index is -3.63. The molecule has 122 valence electrons. The van der Waals surface area contributed by atoms with E-state index in [-0.39, 0.29) is 15.6 Å². The second kappa shape index (κ2) is 7.28. The number of halogens is 1. The Morgan fingerprint density at radius 2 is 2.05 bits per heavy atom. The number of anilines is 1. The monoisotopic (exact) mass is 347 g/mol. The molecular weight excluding hydrogens is 330 g/mol. The third-order valence-electron chi connectivity index (χ3n) is 3.13. The van der Waals surface area contributed by atoms with Gasteiger partial charge in [-0.3, -0.25) is 0 Å². The van der Waals surface area contributed by atoms with Gasteiger partial charge >= 0.3 is 6.03 Å². The third-order valence-corrected chi connectivity index (χ3v) is 5.36. The summed E-state index contributed by atoms with van der Waals surface area (Å²) in [5.41, 5.74) is 0.252. The van der Waals surface area contributed by atoms with Crippen LogP contribution in [0, 0.1) is 0 Å². The fourth-order valence-electron chi connectivity index (χ4n) is 2.02. The Labute approximate surface area is 134 Å². The van der Waals surface area contributed by atoms with E-state index in [1.807, 2.05) is 0 Å². The smallest absolute Gasteiger partial charge is 0.319 e. The highest BCUT2D eigenvalue weighted by atomic mass is 35.5. The lowest BCUT2D eigenvalue weighted by molar-refractivity contribution is 0.0730. The van der Waals surface area contributed by atoms with Gasteiger partial charge in [0.15, 0.2) is 0 Å². The molecule has 1 aromatic carbocycles. The zero-order valence-electron chi connectivity index (χ0n) is 12.1. The summed E-state index contributed by atoms with van der Waals surface area (Å²) in [5.74, 6) is 0.